The van der Waals surface area contributed by atoms with Crippen molar-refractivity contribution in [1.82, 2.24) is 14.5 Å². The van der Waals surface area contributed by atoms with Gasteiger partial charge in [0, 0.05) is 18.2 Å². The van der Waals surface area contributed by atoms with Crippen LogP contribution in [0.1, 0.15) is 16.8 Å². The molecule has 0 aliphatic carbocycles. The molecule has 3 heterocycles. The summed E-state index contributed by atoms with van der Waals surface area (Å²) in [6.07, 6.45) is -2.97. The molecule has 0 bridgehead atoms. The fraction of sp³-hybridized carbons (Fsp3) is 0.160. The largest absolute Gasteiger partial charge is 0.473 e. The van der Waals surface area contributed by atoms with E-state index in [2.05, 4.69) is 9.97 Å². The molecule has 178 valence electrons. The minimum absolute atomic E-state index is 0.0417. The summed E-state index contributed by atoms with van der Waals surface area (Å²) >= 11 is 0. The van der Waals surface area contributed by atoms with Crippen LogP contribution < -0.4 is 15.2 Å². The van der Waals surface area contributed by atoms with E-state index >= 15 is 0 Å². The van der Waals surface area contributed by atoms with Crippen LogP contribution in [0, 0.1) is 5.82 Å². The number of nitrogens with zero attached hydrogens (tertiary/aromatic N) is 3. The van der Waals surface area contributed by atoms with Gasteiger partial charge in [0.05, 0.1) is 11.9 Å². The molecular weight excluding hydrogens is 466 g/mol. The van der Waals surface area contributed by atoms with Crippen molar-refractivity contribution in [3.63, 3.8) is 0 Å². The van der Waals surface area contributed by atoms with Crippen molar-refractivity contribution in [2.75, 3.05) is 0 Å². The molecule has 0 saturated heterocycles. The van der Waals surface area contributed by atoms with E-state index in [4.69, 9.17) is 9.47 Å². The van der Waals surface area contributed by atoms with Crippen LogP contribution in [0.15, 0.2) is 71.7 Å². The lowest BCUT2D eigenvalue weighted by Gasteiger charge is -2.21. The van der Waals surface area contributed by atoms with E-state index in [9.17, 15) is 22.4 Å². The van der Waals surface area contributed by atoms with Crippen molar-refractivity contribution in [2.45, 2.75) is 25.7 Å². The Bertz CT molecular complexity index is 1450. The molecule has 6 nitrogen and oxygen atoms in total. The number of alkyl halides is 3. The van der Waals surface area contributed by atoms with E-state index in [-0.39, 0.29) is 24.0 Å². The van der Waals surface area contributed by atoms with Crippen LogP contribution >= 0.6 is 0 Å². The van der Waals surface area contributed by atoms with Gasteiger partial charge in [-0.3, -0.25) is 4.57 Å². The lowest BCUT2D eigenvalue weighted by atomic mass is 9.98. The van der Waals surface area contributed by atoms with Gasteiger partial charge in [-0.05, 0) is 41.8 Å². The third-order valence-corrected chi connectivity index (χ3v) is 5.52. The Morgan fingerprint density at radius 1 is 1.03 bits per heavy atom. The maximum atomic E-state index is 14.5. The van der Waals surface area contributed by atoms with Crippen LogP contribution in [0.3, 0.4) is 0 Å². The highest BCUT2D eigenvalue weighted by atomic mass is 19.4. The Morgan fingerprint density at radius 2 is 1.86 bits per heavy atom. The average molecular weight is 483 g/mol. The van der Waals surface area contributed by atoms with E-state index in [1.54, 1.807) is 10.6 Å². The predicted molar refractivity (Wildman–Crippen MR) is 118 cm³/mol. The van der Waals surface area contributed by atoms with E-state index in [1.165, 1.54) is 18.2 Å². The lowest BCUT2D eigenvalue weighted by molar-refractivity contribution is -0.141. The van der Waals surface area contributed by atoms with Crippen LogP contribution in [0.5, 0.6) is 17.4 Å². The Balaban J connectivity index is 1.30. The van der Waals surface area contributed by atoms with Gasteiger partial charge in [-0.15, -0.1) is 0 Å². The standard InChI is InChI=1S/C25H17F4N3O3/c26-19-11-15(5-7-21(19)35-17-6-8-22(30-13-17)25(27,28)29)14-34-23-12-20-18-4-2-1-3-16(18)9-10-32(20)24(33)31-23/h1-8,11-13H,9-10,14H2. The van der Waals surface area contributed by atoms with Crippen molar-refractivity contribution < 1.29 is 27.0 Å². The predicted octanol–water partition coefficient (Wildman–Crippen LogP) is 5.39. The molecule has 0 fully saturated rings. The van der Waals surface area contributed by atoms with Crippen LogP contribution in [0.2, 0.25) is 0 Å². The molecule has 0 radical (unpaired) electrons. The van der Waals surface area contributed by atoms with E-state index < -0.39 is 23.4 Å². The number of hydrogen-bond acceptors (Lipinski definition) is 5. The zero-order valence-electron chi connectivity index (χ0n) is 18.1. The molecule has 0 saturated carbocycles. The summed E-state index contributed by atoms with van der Waals surface area (Å²) in [6, 6.07) is 15.3. The SMILES string of the molecule is O=c1nc(OCc2ccc(Oc3ccc(C(F)(F)F)nc3)c(F)c2)cc2n1CCc1ccccc1-2. The number of ether oxygens (including phenoxy) is 2. The second kappa shape index (κ2) is 8.86. The van der Waals surface area contributed by atoms with Crippen molar-refractivity contribution >= 4 is 0 Å². The highest BCUT2D eigenvalue weighted by Gasteiger charge is 2.32. The number of hydrogen-bond donors (Lipinski definition) is 0. The number of fused-ring (bicyclic) bond motifs is 3. The number of benzene rings is 2. The summed E-state index contributed by atoms with van der Waals surface area (Å²) in [5.74, 6) is -0.843. The topological polar surface area (TPSA) is 66.2 Å². The molecule has 4 aromatic rings. The van der Waals surface area contributed by atoms with Crippen molar-refractivity contribution in [3.05, 3.63) is 100.0 Å². The minimum Gasteiger partial charge on any atom is -0.473 e. The van der Waals surface area contributed by atoms with Gasteiger partial charge in [0.1, 0.15) is 18.1 Å². The van der Waals surface area contributed by atoms with E-state index in [1.807, 2.05) is 24.3 Å². The lowest BCUT2D eigenvalue weighted by Crippen LogP contribution is -2.28. The molecule has 0 N–H and O–H groups in total. The van der Waals surface area contributed by atoms with Crippen LogP contribution in [0.4, 0.5) is 17.6 Å². The van der Waals surface area contributed by atoms with Gasteiger partial charge in [-0.25, -0.2) is 14.2 Å². The Labute approximate surface area is 196 Å². The molecule has 0 unspecified atom stereocenters. The summed E-state index contributed by atoms with van der Waals surface area (Å²) in [6.45, 7) is 0.468. The summed E-state index contributed by atoms with van der Waals surface area (Å²) < 4.78 is 65.0. The summed E-state index contributed by atoms with van der Waals surface area (Å²) in [5.41, 5.74) is 1.73. The molecule has 1 aliphatic rings. The Kier molecular flexibility index (Phi) is 5.72. The number of aromatic nitrogens is 3. The van der Waals surface area contributed by atoms with Gasteiger partial charge in [-0.2, -0.15) is 18.2 Å². The fourth-order valence-electron chi connectivity index (χ4n) is 3.83. The molecule has 5 rings (SSSR count). The van der Waals surface area contributed by atoms with Crippen molar-refractivity contribution in [3.8, 4) is 28.6 Å². The minimum atomic E-state index is -4.58. The first-order valence-electron chi connectivity index (χ1n) is 10.6. The zero-order valence-corrected chi connectivity index (χ0v) is 18.1. The molecular formula is C25H17F4N3O3. The smallest absolute Gasteiger partial charge is 0.433 e. The third kappa shape index (κ3) is 4.72. The van der Waals surface area contributed by atoms with Gasteiger partial charge in [0.15, 0.2) is 11.6 Å². The number of pyridine rings is 1. The summed E-state index contributed by atoms with van der Waals surface area (Å²) in [4.78, 5) is 19.7. The van der Waals surface area contributed by atoms with Crippen LogP contribution in [-0.2, 0) is 25.7 Å². The van der Waals surface area contributed by atoms with Crippen molar-refractivity contribution in [2.24, 2.45) is 0 Å². The van der Waals surface area contributed by atoms with E-state index in [0.717, 1.165) is 35.9 Å². The monoisotopic (exact) mass is 483 g/mol. The van der Waals surface area contributed by atoms with Gasteiger partial charge in [0.2, 0.25) is 5.88 Å². The van der Waals surface area contributed by atoms with Crippen LogP contribution in [0.25, 0.3) is 11.3 Å². The van der Waals surface area contributed by atoms with Crippen molar-refractivity contribution in [1.29, 1.82) is 0 Å². The van der Waals surface area contributed by atoms with Gasteiger partial charge in [-0.1, -0.05) is 30.3 Å². The maximum Gasteiger partial charge on any atom is 0.433 e. The number of aryl methyl sites for hydroxylation is 1. The Hall–Kier alpha value is -4.21. The van der Waals surface area contributed by atoms with E-state index in [0.29, 0.717) is 17.8 Å². The number of halogens is 4. The molecule has 0 spiro atoms. The van der Waals surface area contributed by atoms with Gasteiger partial charge in [0.25, 0.3) is 0 Å². The zero-order chi connectivity index (χ0) is 24.6. The molecule has 0 amide bonds. The fourth-order valence-corrected chi connectivity index (χ4v) is 3.83. The second-order valence-corrected chi connectivity index (χ2v) is 7.85. The van der Waals surface area contributed by atoms with Crippen LogP contribution in [-0.4, -0.2) is 14.5 Å². The quantitative estimate of drug-likeness (QED) is 0.356. The first-order valence-corrected chi connectivity index (χ1v) is 10.6. The maximum absolute atomic E-state index is 14.5. The summed E-state index contributed by atoms with van der Waals surface area (Å²) in [7, 11) is 0. The first kappa shape index (κ1) is 22.6. The van der Waals surface area contributed by atoms with Gasteiger partial charge >= 0.3 is 11.9 Å². The first-order chi connectivity index (χ1) is 16.8. The number of rotatable bonds is 5. The summed E-state index contributed by atoms with van der Waals surface area (Å²) in [5, 5.41) is 0. The normalized spacial score (nSPS) is 12.6. The average Bonchev–Trinajstić information content (AvgIpc) is 2.84. The molecule has 2 aromatic carbocycles. The third-order valence-electron chi connectivity index (χ3n) is 5.52. The highest BCUT2D eigenvalue weighted by Crippen LogP contribution is 2.31. The Morgan fingerprint density at radius 3 is 2.60 bits per heavy atom. The molecule has 0 atom stereocenters. The molecule has 35 heavy (non-hydrogen) atoms. The molecule has 1 aliphatic heterocycles. The highest BCUT2D eigenvalue weighted by molar-refractivity contribution is 5.66. The molecule has 2 aromatic heterocycles. The van der Waals surface area contributed by atoms with Gasteiger partial charge < -0.3 is 9.47 Å². The second-order valence-electron chi connectivity index (χ2n) is 7.85. The molecule has 10 heteroatoms.